The number of piperidine rings is 1. The van der Waals surface area contributed by atoms with Gasteiger partial charge in [-0.3, -0.25) is 4.79 Å². The van der Waals surface area contributed by atoms with E-state index < -0.39 is 24.7 Å². The van der Waals surface area contributed by atoms with Crippen LogP contribution in [0.3, 0.4) is 0 Å². The van der Waals surface area contributed by atoms with Crippen LogP contribution in [0.2, 0.25) is 0 Å². The van der Waals surface area contributed by atoms with E-state index in [1.807, 2.05) is 0 Å². The first-order valence-corrected chi connectivity index (χ1v) is 8.54. The average molecular weight is 337 g/mol. The molecular formula is C10H13ClN4O5S. The Hall–Kier alpha value is -1.68. The lowest BCUT2D eigenvalue weighted by Gasteiger charge is -2.26. The summed E-state index contributed by atoms with van der Waals surface area (Å²) in [7, 11) is 0.829. The van der Waals surface area contributed by atoms with Crippen molar-refractivity contribution < 1.29 is 18.1 Å². The highest BCUT2D eigenvalue weighted by molar-refractivity contribution is 8.13. The van der Waals surface area contributed by atoms with Crippen molar-refractivity contribution in [3.8, 4) is 0 Å². The number of hydrogen-bond donors (Lipinski definition) is 0. The standard InChI is InChI=1S/C10H13ClN4O5S/c11-21(19,20)8-6-14(12-10(8)15(17)18)7-9(16)13-4-2-1-3-5-13/h6H,1-5,7H2. The van der Waals surface area contributed by atoms with E-state index in [0.717, 1.165) is 30.1 Å². The van der Waals surface area contributed by atoms with Crippen molar-refractivity contribution in [2.24, 2.45) is 0 Å². The van der Waals surface area contributed by atoms with Gasteiger partial charge in [0.2, 0.25) is 10.8 Å². The maximum Gasteiger partial charge on any atom is 0.410 e. The van der Waals surface area contributed by atoms with Crippen LogP contribution in [-0.2, 0) is 20.4 Å². The molecule has 1 fully saturated rings. The molecule has 1 aromatic rings. The topological polar surface area (TPSA) is 115 Å². The lowest BCUT2D eigenvalue weighted by Crippen LogP contribution is -2.37. The highest BCUT2D eigenvalue weighted by atomic mass is 35.7. The molecule has 2 rings (SSSR count). The Morgan fingerprint density at radius 3 is 2.48 bits per heavy atom. The zero-order chi connectivity index (χ0) is 15.6. The third kappa shape index (κ3) is 3.70. The number of nitrogens with zero attached hydrogens (tertiary/aromatic N) is 4. The van der Waals surface area contributed by atoms with E-state index in [1.54, 1.807) is 4.90 Å². The molecular weight excluding hydrogens is 324 g/mol. The maximum atomic E-state index is 12.0. The van der Waals surface area contributed by atoms with Crippen molar-refractivity contribution in [2.75, 3.05) is 13.1 Å². The molecule has 1 aliphatic rings. The largest absolute Gasteiger partial charge is 0.410 e. The predicted molar refractivity (Wildman–Crippen MR) is 72.4 cm³/mol. The molecule has 0 spiro atoms. The summed E-state index contributed by atoms with van der Waals surface area (Å²) >= 11 is 0. The second-order valence-electron chi connectivity index (χ2n) is 4.65. The zero-order valence-electron chi connectivity index (χ0n) is 10.9. The van der Waals surface area contributed by atoms with Gasteiger partial charge in [-0.1, -0.05) is 0 Å². The van der Waals surface area contributed by atoms with Gasteiger partial charge >= 0.3 is 5.82 Å². The molecule has 0 saturated carbocycles. The number of aromatic nitrogens is 2. The van der Waals surface area contributed by atoms with Crippen LogP contribution < -0.4 is 0 Å². The summed E-state index contributed by atoms with van der Waals surface area (Å²) in [6.07, 6.45) is 3.78. The first kappa shape index (κ1) is 15.7. The van der Waals surface area contributed by atoms with Crippen LogP contribution in [0.15, 0.2) is 11.1 Å². The van der Waals surface area contributed by atoms with E-state index in [0.29, 0.717) is 13.1 Å². The normalized spacial score (nSPS) is 16.0. The molecule has 0 bridgehead atoms. The van der Waals surface area contributed by atoms with Crippen LogP contribution in [0, 0.1) is 10.1 Å². The maximum absolute atomic E-state index is 12.0. The SMILES string of the molecule is O=C(Cn1cc(S(=O)(=O)Cl)c([N+](=O)[O-])n1)N1CCCCC1. The van der Waals surface area contributed by atoms with Gasteiger partial charge in [0.05, 0.1) is 11.3 Å². The lowest BCUT2D eigenvalue weighted by molar-refractivity contribution is -0.392. The third-order valence-electron chi connectivity index (χ3n) is 3.15. The lowest BCUT2D eigenvalue weighted by atomic mass is 10.1. The Morgan fingerprint density at radius 1 is 1.38 bits per heavy atom. The third-order valence-corrected chi connectivity index (χ3v) is 4.46. The molecule has 1 amide bonds. The second kappa shape index (κ2) is 5.98. The number of hydrogen-bond acceptors (Lipinski definition) is 6. The first-order valence-electron chi connectivity index (χ1n) is 6.23. The van der Waals surface area contributed by atoms with Crippen molar-refractivity contribution in [3.63, 3.8) is 0 Å². The molecule has 116 valence electrons. The van der Waals surface area contributed by atoms with Gasteiger partial charge < -0.3 is 15.0 Å². The van der Waals surface area contributed by atoms with E-state index >= 15 is 0 Å². The van der Waals surface area contributed by atoms with E-state index in [4.69, 9.17) is 10.7 Å². The molecule has 0 radical (unpaired) electrons. The molecule has 1 saturated heterocycles. The van der Waals surface area contributed by atoms with Crippen LogP contribution in [0.25, 0.3) is 0 Å². The Kier molecular flexibility index (Phi) is 4.47. The van der Waals surface area contributed by atoms with Gasteiger partial charge in [-0.2, -0.15) is 4.68 Å². The Balaban J connectivity index is 2.21. The van der Waals surface area contributed by atoms with E-state index in [9.17, 15) is 23.3 Å². The molecule has 0 aromatic carbocycles. The fourth-order valence-corrected chi connectivity index (χ4v) is 3.06. The van der Waals surface area contributed by atoms with Crippen LogP contribution in [0.5, 0.6) is 0 Å². The van der Waals surface area contributed by atoms with Crippen molar-refractivity contribution in [2.45, 2.75) is 30.7 Å². The summed E-state index contributed by atoms with van der Waals surface area (Å²) in [6, 6.07) is 0. The van der Waals surface area contributed by atoms with Gasteiger partial charge in [-0.05, 0) is 24.2 Å². The summed E-state index contributed by atoms with van der Waals surface area (Å²) in [5.74, 6) is -1.14. The minimum absolute atomic E-state index is 0.257. The number of amides is 1. The summed E-state index contributed by atoms with van der Waals surface area (Å²) in [4.78, 5) is 22.8. The fraction of sp³-hybridized carbons (Fsp3) is 0.600. The molecule has 9 nitrogen and oxygen atoms in total. The van der Waals surface area contributed by atoms with Crippen LogP contribution in [0.1, 0.15) is 19.3 Å². The predicted octanol–water partition coefficient (Wildman–Crippen LogP) is 0.731. The fourth-order valence-electron chi connectivity index (χ4n) is 2.15. The molecule has 0 unspecified atom stereocenters. The minimum atomic E-state index is -4.30. The number of halogens is 1. The molecule has 0 atom stereocenters. The van der Waals surface area contributed by atoms with Crippen LogP contribution in [-0.4, -0.2) is 47.0 Å². The molecule has 21 heavy (non-hydrogen) atoms. The molecule has 1 aliphatic heterocycles. The molecule has 0 N–H and O–H groups in total. The van der Waals surface area contributed by atoms with E-state index in [2.05, 4.69) is 5.10 Å². The monoisotopic (exact) mass is 336 g/mol. The summed E-state index contributed by atoms with van der Waals surface area (Å²) in [5, 5.41) is 14.3. The number of carbonyl (C=O) groups excluding carboxylic acids is 1. The Bertz CT molecular complexity index is 665. The van der Waals surface area contributed by atoms with Crippen molar-refractivity contribution in [1.82, 2.24) is 14.7 Å². The quantitative estimate of drug-likeness (QED) is 0.454. The first-order chi connectivity index (χ1) is 9.79. The summed E-state index contributed by atoms with van der Waals surface area (Å²) in [6.45, 7) is 0.999. The highest BCUT2D eigenvalue weighted by Crippen LogP contribution is 2.25. The van der Waals surface area contributed by atoms with Gasteiger partial charge in [-0.15, -0.1) is 0 Å². The smallest absolute Gasteiger partial charge is 0.358 e. The summed E-state index contributed by atoms with van der Waals surface area (Å²) in [5.41, 5.74) is 0. The highest BCUT2D eigenvalue weighted by Gasteiger charge is 2.31. The van der Waals surface area contributed by atoms with E-state index in [-0.39, 0.29) is 12.5 Å². The van der Waals surface area contributed by atoms with Crippen molar-refractivity contribution in [3.05, 3.63) is 16.3 Å². The zero-order valence-corrected chi connectivity index (χ0v) is 12.5. The molecule has 11 heteroatoms. The van der Waals surface area contributed by atoms with Gasteiger partial charge in [0.15, 0.2) is 0 Å². The van der Waals surface area contributed by atoms with Gasteiger partial charge in [-0.25, -0.2) is 8.42 Å². The number of carbonyl (C=O) groups is 1. The van der Waals surface area contributed by atoms with Crippen molar-refractivity contribution in [1.29, 1.82) is 0 Å². The van der Waals surface area contributed by atoms with Gasteiger partial charge in [0, 0.05) is 23.8 Å². The Labute approximate surface area is 125 Å². The second-order valence-corrected chi connectivity index (χ2v) is 7.19. The molecule has 1 aromatic heterocycles. The molecule has 0 aliphatic carbocycles. The van der Waals surface area contributed by atoms with Gasteiger partial charge in [0.25, 0.3) is 9.05 Å². The number of nitro groups is 1. The van der Waals surface area contributed by atoms with Crippen LogP contribution >= 0.6 is 10.7 Å². The van der Waals surface area contributed by atoms with Crippen molar-refractivity contribution >= 4 is 31.5 Å². The average Bonchev–Trinajstić information content (AvgIpc) is 2.84. The number of likely N-dealkylation sites (tertiary alicyclic amines) is 1. The van der Waals surface area contributed by atoms with Crippen LogP contribution in [0.4, 0.5) is 5.82 Å². The minimum Gasteiger partial charge on any atom is -0.358 e. The number of rotatable bonds is 4. The molecule has 2 heterocycles. The Morgan fingerprint density at radius 2 is 2.00 bits per heavy atom. The van der Waals surface area contributed by atoms with Gasteiger partial charge in [0.1, 0.15) is 6.54 Å². The van der Waals surface area contributed by atoms with E-state index in [1.165, 1.54) is 0 Å². The summed E-state index contributed by atoms with van der Waals surface area (Å²) < 4.78 is 23.5.